The second-order valence-electron chi connectivity index (χ2n) is 9.33. The van der Waals surface area contributed by atoms with Crippen LogP contribution < -0.4 is 0 Å². The fourth-order valence-electron chi connectivity index (χ4n) is 4.47. The van der Waals surface area contributed by atoms with Crippen LogP contribution in [0.1, 0.15) is 106 Å². The number of nitrogens with zero attached hydrogens (tertiary/aromatic N) is 2. The summed E-state index contributed by atoms with van der Waals surface area (Å²) in [5, 5.41) is 0. The Bertz CT molecular complexity index is 597. The topological polar surface area (TPSA) is 95.8 Å². The molecule has 0 N–H and O–H groups in total. The van der Waals surface area contributed by atoms with Crippen molar-refractivity contribution in [2.45, 2.75) is 124 Å². The molecule has 0 bridgehead atoms. The smallest absolute Gasteiger partial charge is 0.334 e. The number of unbranched alkanes of at least 4 members (excludes halogenated alkanes) is 5. The van der Waals surface area contributed by atoms with Gasteiger partial charge in [0.2, 0.25) is 12.2 Å². The van der Waals surface area contributed by atoms with E-state index in [0.29, 0.717) is 45.4 Å². The van der Waals surface area contributed by atoms with Gasteiger partial charge >= 0.3 is 8.56 Å². The van der Waals surface area contributed by atoms with Crippen LogP contribution in [-0.2, 0) is 27.9 Å². The molecule has 0 saturated heterocycles. The predicted molar refractivity (Wildman–Crippen MR) is 153 cm³/mol. The zero-order valence-corrected chi connectivity index (χ0v) is 25.9. The van der Waals surface area contributed by atoms with Gasteiger partial charge in [0.1, 0.15) is 0 Å². The van der Waals surface area contributed by atoms with E-state index in [1.807, 2.05) is 34.2 Å². The highest BCUT2D eigenvalue weighted by Crippen LogP contribution is 2.32. The van der Waals surface area contributed by atoms with Crippen molar-refractivity contribution in [1.29, 1.82) is 0 Å². The Kier molecular flexibility index (Phi) is 27.1. The zero-order valence-electron chi connectivity index (χ0n) is 24.9. The Morgan fingerprint density at radius 1 is 0.703 bits per heavy atom. The first-order valence-corrected chi connectivity index (χ1v) is 17.0. The van der Waals surface area contributed by atoms with E-state index in [4.69, 9.17) is 18.3 Å². The summed E-state index contributed by atoms with van der Waals surface area (Å²) in [4.78, 5) is 27.2. The fourth-order valence-corrected chi connectivity index (χ4v) is 6.87. The van der Waals surface area contributed by atoms with E-state index >= 15 is 0 Å². The monoisotopic (exact) mass is 544 g/mol. The minimum atomic E-state index is -1.99. The van der Waals surface area contributed by atoms with Gasteiger partial charge in [-0.3, -0.25) is 0 Å². The third-order valence-corrected chi connectivity index (χ3v) is 9.32. The third kappa shape index (κ3) is 21.4. The quantitative estimate of drug-likeness (QED) is 0.0422. The Morgan fingerprint density at radius 3 is 1.68 bits per heavy atom. The fraction of sp³-hybridized carbons (Fsp3) is 0.929. The molecular formula is C28H56N2O6Si. The Morgan fingerprint density at radius 2 is 1.19 bits per heavy atom. The van der Waals surface area contributed by atoms with Crippen molar-refractivity contribution >= 4 is 20.7 Å². The maximum absolute atomic E-state index is 10.2. The van der Waals surface area contributed by atoms with E-state index in [0.717, 1.165) is 31.7 Å². The molecule has 0 fully saturated rings. The summed E-state index contributed by atoms with van der Waals surface area (Å²) in [7, 11) is -1.99. The first-order chi connectivity index (χ1) is 17.8. The van der Waals surface area contributed by atoms with Gasteiger partial charge in [-0.1, -0.05) is 45.4 Å². The number of carbonyl (C=O) groups excluding carboxylic acids is 2. The predicted octanol–water partition coefficient (Wildman–Crippen LogP) is 7.12. The van der Waals surface area contributed by atoms with Crippen LogP contribution in [0.25, 0.3) is 0 Å². The molecule has 0 aromatic carbocycles. The van der Waals surface area contributed by atoms with Crippen LogP contribution >= 0.6 is 0 Å². The van der Waals surface area contributed by atoms with Crippen LogP contribution in [0.2, 0.25) is 12.6 Å². The average Bonchev–Trinajstić information content (AvgIpc) is 2.86. The lowest BCUT2D eigenvalue weighted by Crippen LogP contribution is -2.41. The van der Waals surface area contributed by atoms with Gasteiger partial charge in [-0.25, -0.2) is 19.6 Å². The zero-order chi connectivity index (χ0) is 28.3. The largest absolute Gasteiger partial charge is 0.395 e. The molecule has 0 rings (SSSR count). The lowest BCUT2D eigenvalue weighted by atomic mass is 9.88. The summed E-state index contributed by atoms with van der Waals surface area (Å²) < 4.78 is 23.2. The molecule has 0 aliphatic rings. The summed E-state index contributed by atoms with van der Waals surface area (Å²) in [6.07, 6.45) is 14.7. The van der Waals surface area contributed by atoms with E-state index in [1.54, 1.807) is 6.08 Å². The van der Waals surface area contributed by atoms with Crippen LogP contribution in [-0.4, -0.2) is 66.0 Å². The molecule has 0 saturated carbocycles. The molecule has 0 radical (unpaired) electrons. The first kappa shape index (κ1) is 38.0. The summed E-state index contributed by atoms with van der Waals surface area (Å²) >= 11 is 0. The first-order valence-electron chi connectivity index (χ1n) is 14.5. The molecule has 0 aliphatic carbocycles. The van der Waals surface area contributed by atoms with E-state index in [1.165, 1.54) is 44.6 Å². The number of aliphatic imine (C=N–C) groups is 2. The molecule has 0 aromatic heterocycles. The van der Waals surface area contributed by atoms with E-state index < -0.39 is 14.3 Å². The lowest BCUT2D eigenvalue weighted by Gasteiger charge is -2.37. The average molecular weight is 545 g/mol. The molecule has 0 amide bonds. The van der Waals surface area contributed by atoms with E-state index in [9.17, 15) is 9.59 Å². The molecule has 0 spiro atoms. The van der Waals surface area contributed by atoms with Crippen LogP contribution in [0.5, 0.6) is 0 Å². The number of hydrogen-bond donors (Lipinski definition) is 0. The van der Waals surface area contributed by atoms with Gasteiger partial charge in [0.25, 0.3) is 0 Å². The number of isocyanates is 2. The van der Waals surface area contributed by atoms with E-state index in [2.05, 4.69) is 23.8 Å². The summed E-state index contributed by atoms with van der Waals surface area (Å²) in [6.45, 7) is 18.0. The lowest BCUT2D eigenvalue weighted by molar-refractivity contribution is -0.254. The normalized spacial score (nSPS) is 12.2. The highest BCUT2D eigenvalue weighted by atomic mass is 28.4. The second-order valence-corrected chi connectivity index (χ2v) is 12.7. The highest BCUT2D eigenvalue weighted by molar-refractivity contribution is 6.66. The van der Waals surface area contributed by atoms with Gasteiger partial charge in [0.15, 0.2) is 5.79 Å². The molecule has 8 nitrogen and oxygen atoms in total. The Balaban J connectivity index is 0. The van der Waals surface area contributed by atoms with Crippen molar-refractivity contribution in [2.24, 2.45) is 15.9 Å². The molecule has 0 aliphatic heterocycles. The number of rotatable bonds is 24. The minimum absolute atomic E-state index is 0.343. The molecule has 1 unspecified atom stereocenters. The summed E-state index contributed by atoms with van der Waals surface area (Å²) in [5.41, 5.74) is 0. The van der Waals surface area contributed by atoms with Crippen molar-refractivity contribution in [3.63, 3.8) is 0 Å². The second kappa shape index (κ2) is 26.4. The van der Waals surface area contributed by atoms with Gasteiger partial charge < -0.3 is 18.3 Å². The van der Waals surface area contributed by atoms with Crippen LogP contribution in [0.15, 0.2) is 9.98 Å². The number of ether oxygens (including phenoxy) is 2. The van der Waals surface area contributed by atoms with E-state index in [-0.39, 0.29) is 0 Å². The summed E-state index contributed by atoms with van der Waals surface area (Å²) in [5.74, 6) is -0.187. The molecular weight excluding hydrogens is 488 g/mol. The molecule has 9 heteroatoms. The Hall–Kier alpha value is -1.18. The number of hydrogen-bond acceptors (Lipinski definition) is 8. The summed E-state index contributed by atoms with van der Waals surface area (Å²) in [6, 6.07) is 0.875. The van der Waals surface area contributed by atoms with Gasteiger partial charge in [-0.15, -0.1) is 0 Å². The third-order valence-electron chi connectivity index (χ3n) is 6.26. The molecule has 0 aromatic rings. The van der Waals surface area contributed by atoms with Crippen LogP contribution in [0, 0.1) is 5.92 Å². The van der Waals surface area contributed by atoms with Crippen LogP contribution in [0.4, 0.5) is 0 Å². The maximum Gasteiger partial charge on any atom is 0.334 e. The van der Waals surface area contributed by atoms with Crippen molar-refractivity contribution in [1.82, 2.24) is 0 Å². The van der Waals surface area contributed by atoms with Crippen molar-refractivity contribution < 1.29 is 27.9 Å². The standard InChI is InChI=1S/C19H37NO3.C9H19NO3Si/c1-5-8-9-10-11-12-14-18(15-13-16-20-17-21)19(4,22-6-2)23-7-3;1-4-12-14(3,13-5-2)8-6-7-10-9-11/h18H,5-16H2,1-4H3;4-8H2,1-3H3. The molecule has 37 heavy (non-hydrogen) atoms. The van der Waals surface area contributed by atoms with Gasteiger partial charge in [0.05, 0.1) is 13.1 Å². The Labute approximate surface area is 228 Å². The van der Waals surface area contributed by atoms with Crippen molar-refractivity contribution in [3.05, 3.63) is 0 Å². The minimum Gasteiger partial charge on any atom is -0.395 e. The SMILES string of the molecule is CCCCCCCCC(CCCN=C=O)C(C)(OCC)OCC.CCO[Si](C)(CCCN=C=O)OCC. The van der Waals surface area contributed by atoms with Gasteiger partial charge in [-0.2, -0.15) is 0 Å². The highest BCUT2D eigenvalue weighted by Gasteiger charge is 2.35. The molecule has 0 heterocycles. The van der Waals surface area contributed by atoms with Gasteiger partial charge in [-0.05, 0) is 72.9 Å². The van der Waals surface area contributed by atoms with Gasteiger partial charge in [0, 0.05) is 32.3 Å². The molecule has 1 atom stereocenters. The maximum atomic E-state index is 10.2. The van der Waals surface area contributed by atoms with Crippen molar-refractivity contribution in [3.8, 4) is 0 Å². The molecule has 218 valence electrons. The van der Waals surface area contributed by atoms with Crippen LogP contribution in [0.3, 0.4) is 0 Å². The van der Waals surface area contributed by atoms with Crippen molar-refractivity contribution in [2.75, 3.05) is 39.5 Å².